The molecule has 0 aliphatic heterocycles. The highest BCUT2D eigenvalue weighted by atomic mass is 79.9. The highest BCUT2D eigenvalue weighted by molar-refractivity contribution is 9.10. The Labute approximate surface area is 193 Å². The number of halogens is 2. The van der Waals surface area contributed by atoms with E-state index in [1.807, 2.05) is 61.5 Å². The number of amides is 1. The summed E-state index contributed by atoms with van der Waals surface area (Å²) in [4.78, 5) is 16.9. The van der Waals surface area contributed by atoms with Crippen LogP contribution in [-0.4, -0.2) is 33.6 Å². The first-order valence-corrected chi connectivity index (χ1v) is 11.0. The number of carbonyl (C=O) groups is 1. The summed E-state index contributed by atoms with van der Waals surface area (Å²) in [6.07, 6.45) is 2.07. The van der Waals surface area contributed by atoms with Crippen molar-refractivity contribution in [3.8, 4) is 11.3 Å². The predicted octanol–water partition coefficient (Wildman–Crippen LogP) is 4.89. The molecule has 1 amide bonds. The van der Waals surface area contributed by atoms with Crippen molar-refractivity contribution in [2.45, 2.75) is 13.3 Å². The number of aromatic nitrogens is 3. The van der Waals surface area contributed by atoms with E-state index in [9.17, 15) is 4.79 Å². The molecule has 0 fully saturated rings. The Hall–Kier alpha value is -2.90. The van der Waals surface area contributed by atoms with Crippen molar-refractivity contribution in [1.82, 2.24) is 19.9 Å². The molecule has 2 heterocycles. The van der Waals surface area contributed by atoms with Crippen LogP contribution in [0.3, 0.4) is 0 Å². The van der Waals surface area contributed by atoms with Gasteiger partial charge in [0.1, 0.15) is 5.82 Å². The van der Waals surface area contributed by atoms with Crippen molar-refractivity contribution < 1.29 is 4.79 Å². The molecule has 0 atom stereocenters. The van der Waals surface area contributed by atoms with E-state index in [0.717, 1.165) is 32.7 Å². The zero-order chi connectivity index (χ0) is 21.8. The van der Waals surface area contributed by atoms with Gasteiger partial charge in [-0.25, -0.2) is 4.98 Å². The molecule has 4 rings (SSSR count). The van der Waals surface area contributed by atoms with E-state index < -0.39 is 0 Å². The van der Waals surface area contributed by atoms with Gasteiger partial charge in [-0.2, -0.15) is 9.61 Å². The van der Waals surface area contributed by atoms with E-state index in [0.29, 0.717) is 30.2 Å². The van der Waals surface area contributed by atoms with Gasteiger partial charge in [-0.05, 0) is 34.5 Å². The van der Waals surface area contributed by atoms with E-state index in [4.69, 9.17) is 16.6 Å². The number of nitrogens with zero attached hydrogens (tertiary/aromatic N) is 3. The van der Waals surface area contributed by atoms with E-state index in [1.165, 1.54) is 0 Å². The maximum atomic E-state index is 12.2. The Morgan fingerprint density at radius 1 is 1.13 bits per heavy atom. The fraction of sp³-hybridized carbons (Fsp3) is 0.174. The van der Waals surface area contributed by atoms with Crippen LogP contribution in [0.1, 0.15) is 11.1 Å². The Morgan fingerprint density at radius 3 is 2.77 bits per heavy atom. The van der Waals surface area contributed by atoms with Crippen molar-refractivity contribution >= 4 is 44.9 Å². The van der Waals surface area contributed by atoms with Crippen molar-refractivity contribution in [2.24, 2.45) is 0 Å². The first-order chi connectivity index (χ1) is 15.0. The lowest BCUT2D eigenvalue weighted by molar-refractivity contribution is -0.120. The zero-order valence-corrected chi connectivity index (χ0v) is 19.2. The number of nitrogens with one attached hydrogen (secondary N) is 2. The number of aryl methyl sites for hydroxylation is 1. The van der Waals surface area contributed by atoms with E-state index in [1.54, 1.807) is 10.7 Å². The summed E-state index contributed by atoms with van der Waals surface area (Å²) in [6.45, 7) is 3.04. The molecule has 0 saturated heterocycles. The summed E-state index contributed by atoms with van der Waals surface area (Å²) in [5.41, 5.74) is 4.42. The molecule has 0 bridgehead atoms. The second kappa shape index (κ2) is 9.49. The van der Waals surface area contributed by atoms with Gasteiger partial charge in [0.25, 0.3) is 0 Å². The fourth-order valence-electron chi connectivity index (χ4n) is 3.33. The summed E-state index contributed by atoms with van der Waals surface area (Å²) >= 11 is 9.87. The summed E-state index contributed by atoms with van der Waals surface area (Å²) in [7, 11) is 0. The molecule has 31 heavy (non-hydrogen) atoms. The molecule has 4 aromatic rings. The smallest absolute Gasteiger partial charge is 0.224 e. The third-order valence-corrected chi connectivity index (χ3v) is 5.67. The summed E-state index contributed by atoms with van der Waals surface area (Å²) in [5.74, 6) is 0.754. The van der Waals surface area contributed by atoms with Crippen LogP contribution in [-0.2, 0) is 11.2 Å². The second-order valence-electron chi connectivity index (χ2n) is 7.18. The summed E-state index contributed by atoms with van der Waals surface area (Å²) < 4.78 is 2.51. The van der Waals surface area contributed by atoms with Crippen molar-refractivity contribution in [2.75, 3.05) is 18.4 Å². The Morgan fingerprint density at radius 2 is 1.97 bits per heavy atom. The summed E-state index contributed by atoms with van der Waals surface area (Å²) in [6, 6.07) is 17.5. The third kappa shape index (κ3) is 5.06. The van der Waals surface area contributed by atoms with Gasteiger partial charge in [0, 0.05) is 29.7 Å². The van der Waals surface area contributed by atoms with Gasteiger partial charge in [-0.1, -0.05) is 59.6 Å². The van der Waals surface area contributed by atoms with Gasteiger partial charge in [0.15, 0.2) is 5.65 Å². The van der Waals surface area contributed by atoms with Crippen molar-refractivity contribution in [3.05, 3.63) is 81.4 Å². The fourth-order valence-corrected chi connectivity index (χ4v) is 3.91. The molecular weight excluding hydrogens is 478 g/mol. The lowest BCUT2D eigenvalue weighted by Gasteiger charge is -2.12. The SMILES string of the molecule is Cc1cccc(CC(=O)NCCNc2cc(-c3ccccc3Cl)nc3c(Br)cnn23)c1. The number of hydrogen-bond donors (Lipinski definition) is 2. The minimum absolute atomic E-state index is 0.00846. The first kappa shape index (κ1) is 21.3. The second-order valence-corrected chi connectivity index (χ2v) is 8.44. The van der Waals surface area contributed by atoms with Crippen LogP contribution in [0, 0.1) is 6.92 Å². The van der Waals surface area contributed by atoms with Gasteiger partial charge < -0.3 is 10.6 Å². The largest absolute Gasteiger partial charge is 0.368 e. The summed E-state index contributed by atoms with van der Waals surface area (Å²) in [5, 5.41) is 11.3. The molecule has 0 aliphatic carbocycles. The maximum Gasteiger partial charge on any atom is 0.224 e. The number of rotatable bonds is 7. The average molecular weight is 499 g/mol. The zero-order valence-electron chi connectivity index (χ0n) is 16.9. The average Bonchev–Trinajstić information content (AvgIpc) is 3.12. The molecule has 2 N–H and O–H groups in total. The molecule has 0 spiro atoms. The lowest BCUT2D eigenvalue weighted by atomic mass is 10.1. The molecule has 158 valence electrons. The van der Waals surface area contributed by atoms with E-state index in [-0.39, 0.29) is 5.91 Å². The van der Waals surface area contributed by atoms with Crippen LogP contribution >= 0.6 is 27.5 Å². The molecule has 0 saturated carbocycles. The van der Waals surface area contributed by atoms with Crippen molar-refractivity contribution in [3.63, 3.8) is 0 Å². The van der Waals surface area contributed by atoms with E-state index in [2.05, 4.69) is 31.7 Å². The van der Waals surface area contributed by atoms with Crippen LogP contribution in [0.5, 0.6) is 0 Å². The van der Waals surface area contributed by atoms with Crippen LogP contribution in [0.25, 0.3) is 16.9 Å². The topological polar surface area (TPSA) is 71.3 Å². The van der Waals surface area contributed by atoms with Gasteiger partial charge in [0.2, 0.25) is 5.91 Å². The van der Waals surface area contributed by atoms with Gasteiger partial charge >= 0.3 is 0 Å². The van der Waals surface area contributed by atoms with E-state index >= 15 is 0 Å². The molecular formula is C23H21BrClN5O. The molecule has 0 aliphatic rings. The Bertz CT molecular complexity index is 1240. The maximum absolute atomic E-state index is 12.2. The lowest BCUT2D eigenvalue weighted by Crippen LogP contribution is -2.30. The standard InChI is InChI=1S/C23H21BrClN5O/c1-15-5-4-6-16(11-15)12-22(31)27-10-9-26-21-13-20(17-7-2-3-8-19(17)25)29-23-18(24)14-28-30(21)23/h2-8,11,13-14,26H,9-10,12H2,1H3,(H,27,31). The molecule has 2 aromatic carbocycles. The highest BCUT2D eigenvalue weighted by Crippen LogP contribution is 2.30. The molecule has 8 heteroatoms. The van der Waals surface area contributed by atoms with Crippen LogP contribution in [0.2, 0.25) is 5.02 Å². The van der Waals surface area contributed by atoms with Gasteiger partial charge in [-0.3, -0.25) is 4.79 Å². The monoisotopic (exact) mass is 497 g/mol. The third-order valence-electron chi connectivity index (χ3n) is 4.78. The van der Waals surface area contributed by atoms with Crippen LogP contribution in [0.4, 0.5) is 5.82 Å². The number of benzene rings is 2. The molecule has 0 unspecified atom stereocenters. The van der Waals surface area contributed by atoms with Gasteiger partial charge in [-0.15, -0.1) is 0 Å². The normalized spacial score (nSPS) is 10.9. The minimum atomic E-state index is -0.00846. The van der Waals surface area contributed by atoms with Crippen molar-refractivity contribution in [1.29, 1.82) is 0 Å². The Kier molecular flexibility index (Phi) is 6.53. The molecule has 2 aromatic heterocycles. The number of hydrogen-bond acceptors (Lipinski definition) is 4. The van der Waals surface area contributed by atoms with Crippen LogP contribution in [0.15, 0.2) is 65.3 Å². The number of anilines is 1. The Balaban J connectivity index is 1.44. The highest BCUT2D eigenvalue weighted by Gasteiger charge is 2.13. The number of fused-ring (bicyclic) bond motifs is 1. The predicted molar refractivity (Wildman–Crippen MR) is 128 cm³/mol. The first-order valence-electron chi connectivity index (χ1n) is 9.86. The molecule has 6 nitrogen and oxygen atoms in total. The minimum Gasteiger partial charge on any atom is -0.368 e. The quantitative estimate of drug-likeness (QED) is 0.356. The number of carbonyl (C=O) groups excluding carboxylic acids is 1. The van der Waals surface area contributed by atoms with Crippen LogP contribution < -0.4 is 10.6 Å². The van der Waals surface area contributed by atoms with Gasteiger partial charge in [0.05, 0.1) is 22.8 Å². The molecule has 0 radical (unpaired) electrons.